The Labute approximate surface area is 159 Å². The minimum atomic E-state index is -4.63. The lowest BCUT2D eigenvalue weighted by atomic mass is 10.2. The topological polar surface area (TPSA) is 71.7 Å². The van der Waals surface area contributed by atoms with Gasteiger partial charge in [-0.15, -0.1) is 0 Å². The van der Waals surface area contributed by atoms with Gasteiger partial charge in [0, 0.05) is 10.6 Å². The lowest BCUT2D eigenvalue weighted by molar-refractivity contribution is -0.137. The summed E-state index contributed by atoms with van der Waals surface area (Å²) in [5, 5.41) is 9.40. The highest BCUT2D eigenvalue weighted by Gasteiger charge is 2.33. The van der Waals surface area contributed by atoms with Crippen molar-refractivity contribution in [2.75, 3.05) is 0 Å². The maximum Gasteiger partial charge on any atom is 0.417 e. The highest BCUT2D eigenvalue weighted by molar-refractivity contribution is 7.16. The van der Waals surface area contributed by atoms with Gasteiger partial charge in [0.15, 0.2) is 4.80 Å². The van der Waals surface area contributed by atoms with Gasteiger partial charge in [-0.2, -0.15) is 18.2 Å². The van der Waals surface area contributed by atoms with Crippen LogP contribution in [0.4, 0.5) is 13.2 Å². The molecule has 10 heteroatoms. The lowest BCUT2D eigenvalue weighted by Gasteiger charge is -2.07. The molecule has 1 N–H and O–H groups in total. The van der Waals surface area contributed by atoms with Crippen LogP contribution in [0.2, 0.25) is 5.02 Å². The van der Waals surface area contributed by atoms with Gasteiger partial charge in [0.2, 0.25) is 0 Å². The fraction of sp³-hybridized carbons (Fsp3) is 0.118. The Morgan fingerprint density at radius 1 is 1.19 bits per heavy atom. The van der Waals surface area contributed by atoms with Gasteiger partial charge in [0.1, 0.15) is 6.54 Å². The van der Waals surface area contributed by atoms with E-state index >= 15 is 0 Å². The summed E-state index contributed by atoms with van der Waals surface area (Å²) in [4.78, 5) is 27.2. The molecule has 0 aliphatic carbocycles. The summed E-state index contributed by atoms with van der Waals surface area (Å²) >= 11 is 6.43. The summed E-state index contributed by atoms with van der Waals surface area (Å²) in [5.41, 5.74) is -0.742. The molecule has 0 fully saturated rings. The molecule has 0 bridgehead atoms. The molecule has 27 heavy (non-hydrogen) atoms. The predicted octanol–water partition coefficient (Wildman–Crippen LogP) is 4.20. The largest absolute Gasteiger partial charge is 0.480 e. The second-order valence-electron chi connectivity index (χ2n) is 5.44. The summed E-state index contributed by atoms with van der Waals surface area (Å²) in [6.07, 6.45) is -4.63. The van der Waals surface area contributed by atoms with Crippen LogP contribution in [-0.4, -0.2) is 21.6 Å². The number of carbonyl (C=O) groups is 2. The molecule has 2 aromatic carbocycles. The first kappa shape index (κ1) is 19.1. The van der Waals surface area contributed by atoms with Crippen LogP contribution < -0.4 is 4.80 Å². The van der Waals surface area contributed by atoms with E-state index < -0.39 is 30.2 Å². The predicted molar refractivity (Wildman–Crippen MR) is 93.8 cm³/mol. The second kappa shape index (κ2) is 7.16. The van der Waals surface area contributed by atoms with Crippen molar-refractivity contribution in [2.24, 2.45) is 4.99 Å². The third-order valence-electron chi connectivity index (χ3n) is 3.58. The fourth-order valence-electron chi connectivity index (χ4n) is 2.46. The Morgan fingerprint density at radius 3 is 2.52 bits per heavy atom. The van der Waals surface area contributed by atoms with Crippen molar-refractivity contribution in [1.29, 1.82) is 0 Å². The zero-order chi connectivity index (χ0) is 19.8. The van der Waals surface area contributed by atoms with Crippen LogP contribution in [-0.2, 0) is 17.5 Å². The summed E-state index contributed by atoms with van der Waals surface area (Å²) < 4.78 is 40.7. The van der Waals surface area contributed by atoms with Gasteiger partial charge in [0.05, 0.1) is 15.8 Å². The number of nitrogens with zero attached hydrogens (tertiary/aromatic N) is 2. The molecule has 0 radical (unpaired) electrons. The number of benzene rings is 2. The number of halogens is 4. The van der Waals surface area contributed by atoms with Gasteiger partial charge in [-0.1, -0.05) is 35.1 Å². The quantitative estimate of drug-likeness (QED) is 0.698. The number of carbonyl (C=O) groups excluding carboxylic acids is 1. The number of carboxylic acids is 1. The number of carboxylic acid groups (broad SMARTS) is 1. The summed E-state index contributed by atoms with van der Waals surface area (Å²) in [6.45, 7) is -0.636. The van der Waals surface area contributed by atoms with Crippen LogP contribution in [0.25, 0.3) is 10.2 Å². The van der Waals surface area contributed by atoms with E-state index in [-0.39, 0.29) is 20.6 Å². The van der Waals surface area contributed by atoms with Crippen molar-refractivity contribution >= 4 is 45.0 Å². The van der Waals surface area contributed by atoms with E-state index in [2.05, 4.69) is 4.99 Å². The Hall–Kier alpha value is -2.65. The summed E-state index contributed by atoms with van der Waals surface area (Å²) in [6, 6.07) is 9.33. The van der Waals surface area contributed by atoms with E-state index in [1.54, 1.807) is 6.07 Å². The van der Waals surface area contributed by atoms with Crippen molar-refractivity contribution in [3.8, 4) is 0 Å². The minimum Gasteiger partial charge on any atom is -0.480 e. The molecule has 1 heterocycles. The molecule has 3 rings (SSSR count). The summed E-state index contributed by atoms with van der Waals surface area (Å²) in [5.74, 6) is -2.01. The van der Waals surface area contributed by atoms with E-state index in [9.17, 15) is 22.8 Å². The van der Waals surface area contributed by atoms with Crippen molar-refractivity contribution in [3.05, 3.63) is 63.4 Å². The van der Waals surface area contributed by atoms with Crippen LogP contribution in [0.1, 0.15) is 15.9 Å². The van der Waals surface area contributed by atoms with Gasteiger partial charge >= 0.3 is 12.1 Å². The first-order valence-electron chi connectivity index (χ1n) is 7.43. The average Bonchev–Trinajstić information content (AvgIpc) is 2.90. The SMILES string of the molecule is O=C(O)Cn1c(=NC(=O)c2cccc(Cl)c2)sc2c(C(F)(F)F)cccc21. The van der Waals surface area contributed by atoms with Crippen LogP contribution in [0.5, 0.6) is 0 Å². The van der Waals surface area contributed by atoms with Crippen molar-refractivity contribution < 1.29 is 27.9 Å². The molecule has 0 saturated heterocycles. The molecule has 1 aromatic heterocycles. The second-order valence-corrected chi connectivity index (χ2v) is 6.86. The monoisotopic (exact) mass is 414 g/mol. The molecule has 140 valence electrons. The zero-order valence-electron chi connectivity index (χ0n) is 13.3. The van der Waals surface area contributed by atoms with E-state index in [0.717, 1.165) is 10.6 Å². The van der Waals surface area contributed by atoms with Crippen LogP contribution >= 0.6 is 22.9 Å². The van der Waals surface area contributed by atoms with Gasteiger partial charge in [-0.3, -0.25) is 9.59 Å². The number of hydrogen-bond donors (Lipinski definition) is 1. The van der Waals surface area contributed by atoms with Gasteiger partial charge in [-0.05, 0) is 30.3 Å². The third kappa shape index (κ3) is 4.04. The smallest absolute Gasteiger partial charge is 0.417 e. The summed E-state index contributed by atoms with van der Waals surface area (Å²) in [7, 11) is 0. The molecule has 0 aliphatic rings. The van der Waals surface area contributed by atoms with Crippen LogP contribution in [0.15, 0.2) is 47.5 Å². The minimum absolute atomic E-state index is 0.0369. The molecule has 0 unspecified atom stereocenters. The molecule has 0 spiro atoms. The molecule has 0 atom stereocenters. The number of aromatic nitrogens is 1. The number of amides is 1. The van der Waals surface area contributed by atoms with Gasteiger partial charge in [0.25, 0.3) is 5.91 Å². The molecule has 0 saturated carbocycles. The normalized spacial score (nSPS) is 12.5. The first-order valence-corrected chi connectivity index (χ1v) is 8.62. The van der Waals surface area contributed by atoms with Crippen molar-refractivity contribution in [2.45, 2.75) is 12.7 Å². The molecular formula is C17H10ClF3N2O3S. The van der Waals surface area contributed by atoms with Crippen molar-refractivity contribution in [1.82, 2.24) is 4.57 Å². The molecular weight excluding hydrogens is 405 g/mol. The standard InChI is InChI=1S/C17H10ClF3N2O3S/c18-10-4-1-3-9(7-10)15(26)22-16-23(8-13(24)25)12-6-2-5-11(14(12)27-16)17(19,20)21/h1-7H,8H2,(H,24,25). The third-order valence-corrected chi connectivity index (χ3v) is 4.94. The molecule has 5 nitrogen and oxygen atoms in total. The van der Waals surface area contributed by atoms with E-state index in [1.165, 1.54) is 30.3 Å². The Morgan fingerprint density at radius 2 is 1.89 bits per heavy atom. The number of alkyl halides is 3. The lowest BCUT2D eigenvalue weighted by Crippen LogP contribution is -2.21. The Bertz CT molecular complexity index is 1120. The first-order chi connectivity index (χ1) is 12.7. The van der Waals surface area contributed by atoms with E-state index in [1.807, 2.05) is 0 Å². The van der Waals surface area contributed by atoms with E-state index in [4.69, 9.17) is 16.7 Å². The Balaban J connectivity index is 2.25. The number of thiazole rings is 1. The molecule has 0 aliphatic heterocycles. The van der Waals surface area contributed by atoms with E-state index in [0.29, 0.717) is 16.4 Å². The Kier molecular flexibility index (Phi) is 5.07. The van der Waals surface area contributed by atoms with Crippen LogP contribution in [0.3, 0.4) is 0 Å². The maximum atomic E-state index is 13.3. The highest BCUT2D eigenvalue weighted by atomic mass is 35.5. The van der Waals surface area contributed by atoms with Crippen LogP contribution in [0, 0.1) is 0 Å². The number of fused-ring (bicyclic) bond motifs is 1. The zero-order valence-corrected chi connectivity index (χ0v) is 14.9. The van der Waals surface area contributed by atoms with Gasteiger partial charge in [-0.25, -0.2) is 0 Å². The number of rotatable bonds is 3. The molecule has 3 aromatic rings. The average molecular weight is 415 g/mol. The van der Waals surface area contributed by atoms with Crippen molar-refractivity contribution in [3.63, 3.8) is 0 Å². The van der Waals surface area contributed by atoms with Gasteiger partial charge < -0.3 is 9.67 Å². The molecule has 1 amide bonds. The number of aliphatic carboxylic acids is 1. The number of hydrogen-bond acceptors (Lipinski definition) is 3. The fourth-order valence-corrected chi connectivity index (χ4v) is 3.81. The highest BCUT2D eigenvalue weighted by Crippen LogP contribution is 2.36. The maximum absolute atomic E-state index is 13.3.